The van der Waals surface area contributed by atoms with E-state index in [0.717, 1.165) is 25.6 Å². The average Bonchev–Trinajstić information content (AvgIpc) is 2.77. The van der Waals surface area contributed by atoms with Crippen molar-refractivity contribution < 1.29 is 12.8 Å². The highest BCUT2D eigenvalue weighted by atomic mass is 32.2. The number of hydrogen-bond donors (Lipinski definition) is 2. The summed E-state index contributed by atoms with van der Waals surface area (Å²) in [6.45, 7) is 3.81. The van der Waals surface area contributed by atoms with E-state index in [1.165, 1.54) is 6.07 Å². The number of hydrogen-bond acceptors (Lipinski definition) is 4. The molecule has 2 rings (SSSR count). The van der Waals surface area contributed by atoms with Gasteiger partial charge in [-0.15, -0.1) is 0 Å². The maximum Gasteiger partial charge on any atom is 0.240 e. The molecule has 1 saturated heterocycles. The lowest BCUT2D eigenvalue weighted by Gasteiger charge is -2.14. The normalized spacial score (nSPS) is 20.4. The number of likely N-dealkylation sites (tertiary alicyclic amines) is 1. The zero-order valence-corrected chi connectivity index (χ0v) is 12.5. The van der Waals surface area contributed by atoms with Gasteiger partial charge in [0, 0.05) is 13.1 Å². The predicted molar refractivity (Wildman–Crippen MR) is 76.3 cm³/mol. The number of rotatable bonds is 4. The molecule has 1 aliphatic heterocycles. The number of anilines is 1. The van der Waals surface area contributed by atoms with E-state index < -0.39 is 15.8 Å². The van der Waals surface area contributed by atoms with Crippen molar-refractivity contribution in [2.75, 3.05) is 32.4 Å². The van der Waals surface area contributed by atoms with Crippen LogP contribution in [0.3, 0.4) is 0 Å². The van der Waals surface area contributed by atoms with Crippen molar-refractivity contribution in [1.29, 1.82) is 0 Å². The average molecular weight is 301 g/mol. The van der Waals surface area contributed by atoms with Crippen molar-refractivity contribution in [1.82, 2.24) is 9.62 Å². The lowest BCUT2D eigenvalue weighted by molar-refractivity contribution is 0.394. The number of nitrogens with zero attached hydrogens (tertiary/aromatic N) is 1. The van der Waals surface area contributed by atoms with Crippen molar-refractivity contribution in [3.8, 4) is 0 Å². The molecular weight excluding hydrogens is 281 g/mol. The highest BCUT2D eigenvalue weighted by Gasteiger charge is 2.23. The molecule has 3 N–H and O–H groups in total. The van der Waals surface area contributed by atoms with E-state index in [0.29, 0.717) is 18.0 Å². The fraction of sp³-hybridized carbons (Fsp3) is 0.538. The molecule has 20 heavy (non-hydrogen) atoms. The van der Waals surface area contributed by atoms with E-state index in [2.05, 4.69) is 9.62 Å². The van der Waals surface area contributed by atoms with Crippen LogP contribution >= 0.6 is 0 Å². The first-order chi connectivity index (χ1) is 9.29. The van der Waals surface area contributed by atoms with Gasteiger partial charge in [0.15, 0.2) is 0 Å². The Morgan fingerprint density at radius 2 is 2.20 bits per heavy atom. The molecule has 1 heterocycles. The number of nitrogens with one attached hydrogen (secondary N) is 1. The molecule has 0 spiro atoms. The molecule has 1 fully saturated rings. The maximum atomic E-state index is 13.3. The van der Waals surface area contributed by atoms with Crippen molar-refractivity contribution in [3.05, 3.63) is 23.5 Å². The molecule has 0 saturated carbocycles. The zero-order valence-electron chi connectivity index (χ0n) is 11.7. The van der Waals surface area contributed by atoms with Crippen LogP contribution in [0.4, 0.5) is 10.1 Å². The minimum absolute atomic E-state index is 0.0442. The Morgan fingerprint density at radius 1 is 1.50 bits per heavy atom. The molecule has 1 atom stereocenters. The minimum atomic E-state index is -3.65. The van der Waals surface area contributed by atoms with E-state index in [1.807, 2.05) is 7.05 Å². The van der Waals surface area contributed by atoms with Crippen LogP contribution in [-0.4, -0.2) is 40.0 Å². The highest BCUT2D eigenvalue weighted by Crippen LogP contribution is 2.22. The van der Waals surface area contributed by atoms with E-state index in [-0.39, 0.29) is 10.6 Å². The topological polar surface area (TPSA) is 75.4 Å². The minimum Gasteiger partial charge on any atom is -0.396 e. The summed E-state index contributed by atoms with van der Waals surface area (Å²) in [5.74, 6) is -0.285. The Morgan fingerprint density at radius 3 is 2.80 bits per heavy atom. The number of sulfonamides is 1. The fourth-order valence-corrected chi connectivity index (χ4v) is 3.83. The van der Waals surface area contributed by atoms with E-state index >= 15 is 0 Å². The number of benzene rings is 1. The number of nitrogens with two attached hydrogens (primary N) is 1. The Bertz CT molecular complexity index is 604. The molecule has 1 aliphatic rings. The molecule has 0 aromatic heterocycles. The Kier molecular flexibility index (Phi) is 4.31. The number of nitrogen functional groups attached to an aromatic ring is 1. The summed E-state index contributed by atoms with van der Waals surface area (Å²) in [6.07, 6.45) is 0.976. The smallest absolute Gasteiger partial charge is 0.240 e. The van der Waals surface area contributed by atoms with Crippen molar-refractivity contribution >= 4 is 15.7 Å². The second-order valence-electron chi connectivity index (χ2n) is 5.41. The number of aryl methyl sites for hydroxylation is 1. The SMILES string of the molecule is Cc1cc(F)c(N)cc1S(=O)(=O)NCC1CCN(C)C1. The van der Waals surface area contributed by atoms with Crippen LogP contribution < -0.4 is 10.5 Å². The monoisotopic (exact) mass is 301 g/mol. The third kappa shape index (κ3) is 3.28. The van der Waals surface area contributed by atoms with Gasteiger partial charge in [0.05, 0.1) is 10.6 Å². The standard InChI is InChI=1S/C13H20FN3O2S/c1-9-5-11(14)12(15)6-13(9)20(18,19)16-7-10-3-4-17(2)8-10/h5-6,10,16H,3-4,7-8,15H2,1-2H3. The third-order valence-corrected chi connectivity index (χ3v) is 5.20. The molecule has 1 aromatic rings. The molecule has 0 amide bonds. The summed E-state index contributed by atoms with van der Waals surface area (Å²) in [5, 5.41) is 0. The van der Waals surface area contributed by atoms with Gasteiger partial charge in [-0.25, -0.2) is 17.5 Å². The lowest BCUT2D eigenvalue weighted by Crippen LogP contribution is -2.31. The predicted octanol–water partition coefficient (Wildman–Crippen LogP) is 0.946. The highest BCUT2D eigenvalue weighted by molar-refractivity contribution is 7.89. The zero-order chi connectivity index (χ0) is 14.9. The van der Waals surface area contributed by atoms with Crippen LogP contribution in [0.25, 0.3) is 0 Å². The van der Waals surface area contributed by atoms with Crippen LogP contribution in [0.1, 0.15) is 12.0 Å². The van der Waals surface area contributed by atoms with Gasteiger partial charge in [-0.05, 0) is 50.6 Å². The molecule has 0 radical (unpaired) electrons. The van der Waals surface area contributed by atoms with Crippen LogP contribution in [0.5, 0.6) is 0 Å². The van der Waals surface area contributed by atoms with Gasteiger partial charge in [-0.3, -0.25) is 0 Å². The molecule has 1 aromatic carbocycles. The second-order valence-corrected chi connectivity index (χ2v) is 7.14. The quantitative estimate of drug-likeness (QED) is 0.812. The van der Waals surface area contributed by atoms with Crippen molar-refractivity contribution in [2.24, 2.45) is 5.92 Å². The maximum absolute atomic E-state index is 13.3. The summed E-state index contributed by atoms with van der Waals surface area (Å²) in [4.78, 5) is 2.21. The summed E-state index contributed by atoms with van der Waals surface area (Å²) in [5.41, 5.74) is 5.65. The fourth-order valence-electron chi connectivity index (χ4n) is 2.46. The van der Waals surface area contributed by atoms with Crippen LogP contribution in [0, 0.1) is 18.7 Å². The Hall–Kier alpha value is -1.18. The summed E-state index contributed by atoms with van der Waals surface area (Å²) >= 11 is 0. The van der Waals surface area contributed by atoms with Crippen LogP contribution in [-0.2, 0) is 10.0 Å². The van der Waals surface area contributed by atoms with E-state index in [4.69, 9.17) is 5.73 Å². The van der Waals surface area contributed by atoms with Crippen LogP contribution in [0.2, 0.25) is 0 Å². The molecular formula is C13H20FN3O2S. The van der Waals surface area contributed by atoms with Gasteiger partial charge in [-0.2, -0.15) is 0 Å². The molecule has 1 unspecified atom stereocenters. The first kappa shape index (κ1) is 15.2. The van der Waals surface area contributed by atoms with Crippen molar-refractivity contribution in [3.63, 3.8) is 0 Å². The van der Waals surface area contributed by atoms with Crippen molar-refractivity contribution in [2.45, 2.75) is 18.2 Å². The number of halogens is 1. The first-order valence-corrected chi connectivity index (χ1v) is 8.02. The summed E-state index contributed by atoms with van der Waals surface area (Å²) in [6, 6.07) is 2.32. The van der Waals surface area contributed by atoms with Gasteiger partial charge in [0.1, 0.15) is 5.82 Å². The Balaban J connectivity index is 2.12. The lowest BCUT2D eigenvalue weighted by atomic mass is 10.1. The molecule has 5 nitrogen and oxygen atoms in total. The van der Waals surface area contributed by atoms with Gasteiger partial charge >= 0.3 is 0 Å². The molecule has 112 valence electrons. The van der Waals surface area contributed by atoms with Gasteiger partial charge in [-0.1, -0.05) is 0 Å². The largest absolute Gasteiger partial charge is 0.396 e. The summed E-state index contributed by atoms with van der Waals surface area (Å²) in [7, 11) is -1.64. The molecule has 0 aliphatic carbocycles. The molecule has 0 bridgehead atoms. The molecule has 7 heteroatoms. The third-order valence-electron chi connectivity index (χ3n) is 3.63. The van der Waals surface area contributed by atoms with Gasteiger partial charge in [0.2, 0.25) is 10.0 Å². The van der Waals surface area contributed by atoms with Gasteiger partial charge in [0.25, 0.3) is 0 Å². The van der Waals surface area contributed by atoms with Crippen LogP contribution in [0.15, 0.2) is 17.0 Å². The first-order valence-electron chi connectivity index (χ1n) is 6.53. The second kappa shape index (κ2) is 5.67. The van der Waals surface area contributed by atoms with Gasteiger partial charge < -0.3 is 10.6 Å². The Labute approximate surface area is 119 Å². The summed E-state index contributed by atoms with van der Waals surface area (Å²) < 4.78 is 40.4. The van der Waals surface area contributed by atoms with E-state index in [1.54, 1.807) is 6.92 Å². The van der Waals surface area contributed by atoms with E-state index in [9.17, 15) is 12.8 Å².